The lowest BCUT2D eigenvalue weighted by Gasteiger charge is -2.29. The maximum atomic E-state index is 13.3. The van der Waals surface area contributed by atoms with Crippen molar-refractivity contribution in [3.63, 3.8) is 0 Å². The summed E-state index contributed by atoms with van der Waals surface area (Å²) in [5, 5.41) is 4.64. The summed E-state index contributed by atoms with van der Waals surface area (Å²) in [4.78, 5) is 12.9. The number of nitrogens with one attached hydrogen (secondary N) is 1. The molecule has 0 atom stereocenters. The molecule has 3 aromatic rings. The number of sulfonamides is 1. The molecule has 0 aliphatic carbocycles. The Morgan fingerprint density at radius 2 is 1.83 bits per heavy atom. The van der Waals surface area contributed by atoms with E-state index in [4.69, 9.17) is 0 Å². The number of halogens is 1. The van der Waals surface area contributed by atoms with Gasteiger partial charge in [0.25, 0.3) is 10.0 Å². The lowest BCUT2D eigenvalue weighted by atomic mass is 10.2. The number of allylic oxidation sites excluding steroid dienone is 1. The number of para-hydroxylation sites is 1. The second-order valence-electron chi connectivity index (χ2n) is 6.57. The molecule has 0 spiro atoms. The maximum absolute atomic E-state index is 13.3. The van der Waals surface area contributed by atoms with Gasteiger partial charge in [-0.2, -0.15) is 0 Å². The Morgan fingerprint density at radius 3 is 2.55 bits per heavy atom. The monoisotopic (exact) mass is 428 g/mol. The molecular formula is C21H17FN2O3S2. The Labute approximate surface area is 172 Å². The second kappa shape index (κ2) is 7.46. The summed E-state index contributed by atoms with van der Waals surface area (Å²) < 4.78 is 41.0. The molecular weight excluding hydrogens is 411 g/mol. The Morgan fingerprint density at radius 1 is 1.10 bits per heavy atom. The molecule has 0 bridgehead atoms. The summed E-state index contributed by atoms with van der Waals surface area (Å²) >= 11 is 1.20. The van der Waals surface area contributed by atoms with Crippen molar-refractivity contribution >= 4 is 38.5 Å². The van der Waals surface area contributed by atoms with Crippen molar-refractivity contribution in [2.45, 2.75) is 13.5 Å². The summed E-state index contributed by atoms with van der Waals surface area (Å²) in [6, 6.07) is 14.6. The lowest BCUT2D eigenvalue weighted by Crippen LogP contribution is -2.38. The van der Waals surface area contributed by atoms with E-state index in [1.54, 1.807) is 17.5 Å². The summed E-state index contributed by atoms with van der Waals surface area (Å²) in [6.07, 6.45) is 1.25. The zero-order valence-electron chi connectivity index (χ0n) is 15.4. The second-order valence-corrected chi connectivity index (χ2v) is 9.32. The number of carbonyl (C=O) groups is 1. The van der Waals surface area contributed by atoms with E-state index in [0.29, 0.717) is 21.8 Å². The van der Waals surface area contributed by atoms with E-state index in [2.05, 4.69) is 5.32 Å². The average molecular weight is 429 g/mol. The molecule has 1 aliphatic rings. The molecule has 0 amide bonds. The van der Waals surface area contributed by atoms with Gasteiger partial charge < -0.3 is 5.32 Å². The smallest absolute Gasteiger partial charge is 0.270 e. The molecule has 1 N–H and O–H groups in total. The standard InChI is InChI=1S/C21H17FN2O3S2/c1-14-4-2-3-5-17(14)23-12-19-20(25)21-18(10-11-28-21)24(29(19,26)27)13-15-6-8-16(22)9-7-15/h2-12,23H,13H2,1H3/b19-12-. The number of rotatable bonds is 4. The fraction of sp³-hybridized carbons (Fsp3) is 0.0952. The molecule has 2 aromatic carbocycles. The molecule has 8 heteroatoms. The highest BCUT2D eigenvalue weighted by atomic mass is 32.2. The average Bonchev–Trinajstić information content (AvgIpc) is 3.17. The van der Waals surface area contributed by atoms with Crippen LogP contribution in [0.2, 0.25) is 0 Å². The van der Waals surface area contributed by atoms with Gasteiger partial charge in [-0.05, 0) is 47.7 Å². The fourth-order valence-electron chi connectivity index (χ4n) is 3.09. The highest BCUT2D eigenvalue weighted by Crippen LogP contribution is 2.39. The van der Waals surface area contributed by atoms with E-state index in [1.165, 1.54) is 46.1 Å². The van der Waals surface area contributed by atoms with Gasteiger partial charge in [0.1, 0.15) is 10.7 Å². The Hall–Kier alpha value is -2.97. The van der Waals surface area contributed by atoms with Crippen LogP contribution in [-0.2, 0) is 16.6 Å². The number of hydrogen-bond acceptors (Lipinski definition) is 5. The number of aryl methyl sites for hydroxylation is 1. The van der Waals surface area contributed by atoms with Gasteiger partial charge in [0.2, 0.25) is 5.78 Å². The number of thiophene rings is 1. The quantitative estimate of drug-likeness (QED) is 0.613. The van der Waals surface area contributed by atoms with Crippen LogP contribution < -0.4 is 9.62 Å². The van der Waals surface area contributed by atoms with Crippen LogP contribution >= 0.6 is 11.3 Å². The normalized spacial score (nSPS) is 16.7. The minimum absolute atomic E-state index is 0.00132. The lowest BCUT2D eigenvalue weighted by molar-refractivity contribution is 0.104. The molecule has 1 aliphatic heterocycles. The van der Waals surface area contributed by atoms with Crippen LogP contribution in [0.4, 0.5) is 15.8 Å². The van der Waals surface area contributed by atoms with Crippen LogP contribution in [-0.4, -0.2) is 14.2 Å². The predicted octanol–water partition coefficient (Wildman–Crippen LogP) is 4.68. The third-order valence-electron chi connectivity index (χ3n) is 4.65. The first-order chi connectivity index (χ1) is 13.9. The molecule has 29 heavy (non-hydrogen) atoms. The molecule has 1 aromatic heterocycles. The number of Topliss-reactive ketones (excluding diaryl/α,β-unsaturated/α-hetero) is 1. The van der Waals surface area contributed by atoms with E-state index in [0.717, 1.165) is 5.56 Å². The molecule has 2 heterocycles. The number of nitrogens with zero attached hydrogens (tertiary/aromatic N) is 1. The van der Waals surface area contributed by atoms with Gasteiger partial charge in [-0.3, -0.25) is 9.10 Å². The minimum Gasteiger partial charge on any atom is -0.360 e. The molecule has 0 saturated heterocycles. The minimum atomic E-state index is -4.09. The molecule has 148 valence electrons. The van der Waals surface area contributed by atoms with Crippen LogP contribution in [0.25, 0.3) is 0 Å². The van der Waals surface area contributed by atoms with E-state index in [-0.39, 0.29) is 11.4 Å². The van der Waals surface area contributed by atoms with Crippen molar-refractivity contribution in [2.75, 3.05) is 9.62 Å². The van der Waals surface area contributed by atoms with Gasteiger partial charge >= 0.3 is 0 Å². The third-order valence-corrected chi connectivity index (χ3v) is 7.32. The summed E-state index contributed by atoms with van der Waals surface area (Å²) in [6.45, 7) is 1.89. The SMILES string of the molecule is Cc1ccccc1N/C=C1/C(=O)c2sccc2N(Cc2ccc(F)cc2)S1(=O)=O. The van der Waals surface area contributed by atoms with Crippen LogP contribution in [0.3, 0.4) is 0 Å². The summed E-state index contributed by atoms with van der Waals surface area (Å²) in [5.41, 5.74) is 2.60. The summed E-state index contributed by atoms with van der Waals surface area (Å²) in [5.74, 6) is -0.934. The van der Waals surface area contributed by atoms with Gasteiger partial charge in [0.05, 0.1) is 12.2 Å². The number of carbonyl (C=O) groups excluding carboxylic acids is 1. The largest absolute Gasteiger partial charge is 0.360 e. The van der Waals surface area contributed by atoms with Gasteiger partial charge in [-0.15, -0.1) is 11.3 Å². The predicted molar refractivity (Wildman–Crippen MR) is 113 cm³/mol. The van der Waals surface area contributed by atoms with Crippen molar-refractivity contribution in [2.24, 2.45) is 0 Å². The number of fused-ring (bicyclic) bond motifs is 1. The number of anilines is 2. The molecule has 0 fully saturated rings. The molecule has 0 saturated carbocycles. The zero-order chi connectivity index (χ0) is 20.6. The van der Waals surface area contributed by atoms with E-state index < -0.39 is 21.6 Å². The van der Waals surface area contributed by atoms with Crippen LogP contribution in [0.15, 0.2) is 71.1 Å². The first kappa shape index (κ1) is 19.4. The first-order valence-corrected chi connectivity index (χ1v) is 11.1. The van der Waals surface area contributed by atoms with Crippen molar-refractivity contribution in [1.82, 2.24) is 0 Å². The number of ketones is 1. The van der Waals surface area contributed by atoms with Crippen LogP contribution in [0.5, 0.6) is 0 Å². The first-order valence-electron chi connectivity index (χ1n) is 8.79. The fourth-order valence-corrected chi connectivity index (χ4v) is 5.57. The van der Waals surface area contributed by atoms with Crippen molar-refractivity contribution in [3.8, 4) is 0 Å². The highest BCUT2D eigenvalue weighted by molar-refractivity contribution is 7.97. The molecule has 0 radical (unpaired) electrons. The Kier molecular flexibility index (Phi) is 4.97. The Bertz CT molecular complexity index is 1210. The van der Waals surface area contributed by atoms with E-state index >= 15 is 0 Å². The zero-order valence-corrected chi connectivity index (χ0v) is 17.1. The van der Waals surface area contributed by atoms with Crippen LogP contribution in [0.1, 0.15) is 20.8 Å². The number of hydrogen-bond donors (Lipinski definition) is 1. The van der Waals surface area contributed by atoms with Gasteiger partial charge in [-0.1, -0.05) is 30.3 Å². The molecule has 0 unspecified atom stereocenters. The molecule has 5 nitrogen and oxygen atoms in total. The topological polar surface area (TPSA) is 66.5 Å². The van der Waals surface area contributed by atoms with Gasteiger partial charge in [0, 0.05) is 11.9 Å². The van der Waals surface area contributed by atoms with E-state index in [9.17, 15) is 17.6 Å². The Balaban J connectivity index is 1.75. The maximum Gasteiger partial charge on any atom is 0.270 e. The highest BCUT2D eigenvalue weighted by Gasteiger charge is 2.41. The number of benzene rings is 2. The van der Waals surface area contributed by atoms with E-state index in [1.807, 2.05) is 25.1 Å². The van der Waals surface area contributed by atoms with Gasteiger partial charge in [0.15, 0.2) is 4.91 Å². The van der Waals surface area contributed by atoms with Crippen molar-refractivity contribution in [3.05, 3.63) is 92.9 Å². The van der Waals surface area contributed by atoms with Gasteiger partial charge in [-0.25, -0.2) is 12.8 Å². The van der Waals surface area contributed by atoms with Crippen molar-refractivity contribution < 1.29 is 17.6 Å². The third kappa shape index (κ3) is 3.56. The van der Waals surface area contributed by atoms with Crippen molar-refractivity contribution in [1.29, 1.82) is 0 Å². The summed E-state index contributed by atoms with van der Waals surface area (Å²) in [7, 11) is -4.09. The molecule has 4 rings (SSSR count). The van der Waals surface area contributed by atoms with Crippen LogP contribution in [0, 0.1) is 12.7 Å².